The molecule has 0 bridgehead atoms. The van der Waals surface area contributed by atoms with Crippen LogP contribution in [0.25, 0.3) is 0 Å². The van der Waals surface area contributed by atoms with E-state index < -0.39 is 11.8 Å². The van der Waals surface area contributed by atoms with E-state index in [4.69, 9.17) is 0 Å². The number of rotatable bonds is 16. The van der Waals surface area contributed by atoms with Crippen LogP contribution in [-0.4, -0.2) is 23.5 Å². The van der Waals surface area contributed by atoms with Gasteiger partial charge in [-0.15, -0.1) is 0 Å². The monoisotopic (exact) mass is 366 g/mol. The molecule has 0 aromatic rings. The zero-order valence-corrected chi connectivity index (χ0v) is 16.7. The molecule has 26 heavy (non-hydrogen) atoms. The fourth-order valence-electron chi connectivity index (χ4n) is 3.46. The molecule has 0 spiro atoms. The number of unbranched alkanes of at least 4 members (excludes halogenated alkanes) is 14. The predicted octanol–water partition coefficient (Wildman–Crippen LogP) is 6.19. The van der Waals surface area contributed by atoms with Crippen molar-refractivity contribution in [2.45, 2.75) is 110 Å². The molecule has 0 atom stereocenters. The van der Waals surface area contributed by atoms with Crippen molar-refractivity contribution >= 4 is 11.8 Å². The first-order valence-corrected chi connectivity index (χ1v) is 10.8. The van der Waals surface area contributed by atoms with Gasteiger partial charge in [-0.05, 0) is 6.42 Å². The van der Waals surface area contributed by atoms with Crippen molar-refractivity contribution in [2.75, 3.05) is 6.61 Å². The highest BCUT2D eigenvalue weighted by atomic mass is 16.5. The minimum Gasteiger partial charge on any atom is -0.511 e. The van der Waals surface area contributed by atoms with E-state index in [-0.39, 0.29) is 17.9 Å². The van der Waals surface area contributed by atoms with Gasteiger partial charge in [-0.3, -0.25) is 4.79 Å². The Morgan fingerprint density at radius 2 is 1.19 bits per heavy atom. The standard InChI is InChI=1S/C22H38O4/c1-2-3-4-5-6-7-8-9-10-11-12-13-14-15-16-17-19(23)21-20(24)18-26-22(21)25/h23H,2-18H2,1H3/b21-19+. The first-order chi connectivity index (χ1) is 12.7. The summed E-state index contributed by atoms with van der Waals surface area (Å²) in [5.41, 5.74) is -0.129. The van der Waals surface area contributed by atoms with Crippen LogP contribution in [0.3, 0.4) is 0 Å². The third kappa shape index (κ3) is 9.98. The molecule has 0 amide bonds. The number of allylic oxidation sites excluding steroid dienone is 1. The van der Waals surface area contributed by atoms with Gasteiger partial charge >= 0.3 is 5.97 Å². The molecule has 1 aliphatic heterocycles. The van der Waals surface area contributed by atoms with Crippen molar-refractivity contribution in [1.29, 1.82) is 0 Å². The fraction of sp³-hybridized carbons (Fsp3) is 0.818. The van der Waals surface area contributed by atoms with Crippen LogP contribution in [0.1, 0.15) is 110 Å². The molecule has 1 fully saturated rings. The van der Waals surface area contributed by atoms with Gasteiger partial charge in [0, 0.05) is 6.42 Å². The molecule has 0 aromatic carbocycles. The molecular weight excluding hydrogens is 328 g/mol. The molecule has 1 N–H and O–H groups in total. The van der Waals surface area contributed by atoms with Crippen molar-refractivity contribution < 1.29 is 19.4 Å². The molecule has 4 nitrogen and oxygen atoms in total. The molecule has 1 aliphatic rings. The quantitative estimate of drug-likeness (QED) is 0.116. The smallest absolute Gasteiger partial charge is 0.345 e. The number of carbonyl (C=O) groups is 2. The molecule has 0 saturated carbocycles. The molecule has 150 valence electrons. The third-order valence-corrected chi connectivity index (χ3v) is 5.12. The molecular formula is C22H38O4. The number of aliphatic hydroxyl groups excluding tert-OH is 1. The number of ether oxygens (including phenoxy) is 1. The Labute approximate surface area is 159 Å². The summed E-state index contributed by atoms with van der Waals surface area (Å²) in [6.07, 6.45) is 19.7. The molecule has 0 aromatic heterocycles. The van der Waals surface area contributed by atoms with Crippen molar-refractivity contribution in [3.63, 3.8) is 0 Å². The summed E-state index contributed by atoms with van der Waals surface area (Å²) < 4.78 is 4.62. The maximum Gasteiger partial charge on any atom is 0.345 e. The summed E-state index contributed by atoms with van der Waals surface area (Å²) in [5, 5.41) is 9.85. The van der Waals surface area contributed by atoms with Gasteiger partial charge in [-0.25, -0.2) is 4.79 Å². The van der Waals surface area contributed by atoms with Crippen molar-refractivity contribution in [1.82, 2.24) is 0 Å². The normalized spacial score (nSPS) is 16.2. The summed E-state index contributed by atoms with van der Waals surface area (Å²) in [5.74, 6) is -1.16. The van der Waals surface area contributed by atoms with Gasteiger partial charge in [0.2, 0.25) is 5.78 Å². The molecule has 0 unspecified atom stereocenters. The average Bonchev–Trinajstić information content (AvgIpc) is 2.96. The lowest BCUT2D eigenvalue weighted by Crippen LogP contribution is -2.05. The number of esters is 1. The number of ketones is 1. The second-order valence-electron chi connectivity index (χ2n) is 7.52. The zero-order valence-electron chi connectivity index (χ0n) is 16.7. The van der Waals surface area contributed by atoms with Crippen LogP contribution in [0.2, 0.25) is 0 Å². The minimum atomic E-state index is -0.673. The van der Waals surface area contributed by atoms with Gasteiger partial charge in [-0.2, -0.15) is 0 Å². The van der Waals surface area contributed by atoms with Crippen LogP contribution in [0, 0.1) is 0 Å². The Bertz CT molecular complexity index is 421. The second-order valence-corrected chi connectivity index (χ2v) is 7.52. The van der Waals surface area contributed by atoms with Crippen LogP contribution in [0.4, 0.5) is 0 Å². The highest BCUT2D eigenvalue weighted by molar-refractivity contribution is 6.22. The van der Waals surface area contributed by atoms with Gasteiger partial charge in [0.25, 0.3) is 0 Å². The first-order valence-electron chi connectivity index (χ1n) is 10.8. The topological polar surface area (TPSA) is 63.6 Å². The lowest BCUT2D eigenvalue weighted by molar-refractivity contribution is -0.135. The third-order valence-electron chi connectivity index (χ3n) is 5.12. The van der Waals surface area contributed by atoms with Crippen LogP contribution < -0.4 is 0 Å². The number of cyclic esters (lactones) is 1. The Morgan fingerprint density at radius 1 is 0.769 bits per heavy atom. The highest BCUT2D eigenvalue weighted by Crippen LogP contribution is 2.19. The van der Waals surface area contributed by atoms with E-state index in [2.05, 4.69) is 11.7 Å². The predicted molar refractivity (Wildman–Crippen MR) is 105 cm³/mol. The van der Waals surface area contributed by atoms with E-state index in [1.54, 1.807) is 0 Å². The second kappa shape index (κ2) is 14.8. The molecule has 0 aliphatic carbocycles. The molecule has 1 saturated heterocycles. The zero-order chi connectivity index (χ0) is 19.0. The van der Waals surface area contributed by atoms with Crippen LogP contribution >= 0.6 is 0 Å². The largest absolute Gasteiger partial charge is 0.511 e. The van der Waals surface area contributed by atoms with Gasteiger partial charge < -0.3 is 9.84 Å². The van der Waals surface area contributed by atoms with Gasteiger partial charge in [-0.1, -0.05) is 96.8 Å². The van der Waals surface area contributed by atoms with Crippen LogP contribution in [0.5, 0.6) is 0 Å². The van der Waals surface area contributed by atoms with Crippen molar-refractivity contribution in [3.05, 3.63) is 11.3 Å². The summed E-state index contributed by atoms with van der Waals surface area (Å²) in [7, 11) is 0. The van der Waals surface area contributed by atoms with E-state index in [9.17, 15) is 14.7 Å². The maximum absolute atomic E-state index is 11.4. The lowest BCUT2D eigenvalue weighted by Gasteiger charge is -2.04. The number of hydrogen-bond acceptors (Lipinski definition) is 4. The van der Waals surface area contributed by atoms with Crippen LogP contribution in [-0.2, 0) is 14.3 Å². The van der Waals surface area contributed by atoms with Gasteiger partial charge in [0.15, 0.2) is 6.61 Å². The van der Waals surface area contributed by atoms with Gasteiger partial charge in [0.1, 0.15) is 11.3 Å². The molecule has 0 radical (unpaired) electrons. The fourth-order valence-corrected chi connectivity index (χ4v) is 3.46. The Morgan fingerprint density at radius 3 is 1.58 bits per heavy atom. The molecule has 1 heterocycles. The summed E-state index contributed by atoms with van der Waals surface area (Å²) in [6, 6.07) is 0. The van der Waals surface area contributed by atoms with E-state index in [0.717, 1.165) is 19.3 Å². The van der Waals surface area contributed by atoms with E-state index in [0.29, 0.717) is 6.42 Å². The number of aliphatic hydroxyl groups is 1. The lowest BCUT2D eigenvalue weighted by atomic mass is 10.0. The SMILES string of the molecule is CCCCCCCCCCCCCCCCC/C(O)=C1/C(=O)COC1=O. The molecule has 1 rings (SSSR count). The van der Waals surface area contributed by atoms with E-state index in [1.165, 1.54) is 77.0 Å². The summed E-state index contributed by atoms with van der Waals surface area (Å²) >= 11 is 0. The summed E-state index contributed by atoms with van der Waals surface area (Å²) in [4.78, 5) is 22.7. The van der Waals surface area contributed by atoms with E-state index in [1.807, 2.05) is 0 Å². The van der Waals surface area contributed by atoms with E-state index >= 15 is 0 Å². The average molecular weight is 367 g/mol. The number of carbonyl (C=O) groups excluding carboxylic acids is 2. The maximum atomic E-state index is 11.4. The first kappa shape index (κ1) is 22.7. The van der Waals surface area contributed by atoms with Crippen LogP contribution in [0.15, 0.2) is 11.3 Å². The van der Waals surface area contributed by atoms with Crippen molar-refractivity contribution in [2.24, 2.45) is 0 Å². The Kier molecular flexibility index (Phi) is 12.9. The minimum absolute atomic E-state index is 0.0906. The highest BCUT2D eigenvalue weighted by Gasteiger charge is 2.31. The number of hydrogen-bond donors (Lipinski definition) is 1. The number of Topliss-reactive ketones (excluding diaryl/α,β-unsaturated/α-hetero) is 1. The van der Waals surface area contributed by atoms with Crippen molar-refractivity contribution in [3.8, 4) is 0 Å². The molecule has 4 heteroatoms. The summed E-state index contributed by atoms with van der Waals surface area (Å²) in [6.45, 7) is 2.04. The Hall–Kier alpha value is -1.32. The van der Waals surface area contributed by atoms with Gasteiger partial charge in [0.05, 0.1) is 0 Å². The Balaban J connectivity index is 1.86.